The SMILES string of the molecule is COC(C1CC1)C1CCC2(C(C)(C)C)CCCN12. The lowest BCUT2D eigenvalue weighted by Gasteiger charge is -2.46. The first-order valence-corrected chi connectivity index (χ1v) is 7.79. The van der Waals surface area contributed by atoms with Gasteiger partial charge in [0.05, 0.1) is 6.10 Å². The van der Waals surface area contributed by atoms with E-state index in [0.717, 1.165) is 5.92 Å². The number of hydrogen-bond acceptors (Lipinski definition) is 2. The Bertz CT molecular complexity index is 318. The molecule has 0 radical (unpaired) electrons. The van der Waals surface area contributed by atoms with E-state index in [9.17, 15) is 0 Å². The largest absolute Gasteiger partial charge is 0.380 e. The molecule has 2 aliphatic heterocycles. The third-order valence-electron chi connectivity index (χ3n) is 5.93. The van der Waals surface area contributed by atoms with Gasteiger partial charge in [-0.3, -0.25) is 4.90 Å². The fourth-order valence-corrected chi connectivity index (χ4v) is 4.80. The summed E-state index contributed by atoms with van der Waals surface area (Å²) in [5.41, 5.74) is 0.865. The molecular weight excluding hydrogens is 222 g/mol. The number of fused-ring (bicyclic) bond motifs is 1. The molecule has 3 atom stereocenters. The Morgan fingerprint density at radius 3 is 2.44 bits per heavy atom. The van der Waals surface area contributed by atoms with Crippen LogP contribution in [0.3, 0.4) is 0 Å². The van der Waals surface area contributed by atoms with E-state index in [2.05, 4.69) is 25.7 Å². The predicted octanol–water partition coefficient (Wildman–Crippen LogP) is 3.45. The normalized spacial score (nSPS) is 39.0. The van der Waals surface area contributed by atoms with Gasteiger partial charge in [-0.25, -0.2) is 0 Å². The van der Waals surface area contributed by atoms with Crippen molar-refractivity contribution < 1.29 is 4.74 Å². The third kappa shape index (κ3) is 1.76. The molecule has 2 heterocycles. The van der Waals surface area contributed by atoms with Crippen LogP contribution in [0.4, 0.5) is 0 Å². The second-order valence-electron chi connectivity index (χ2n) is 7.72. The number of nitrogens with zero attached hydrogens (tertiary/aromatic N) is 1. The molecule has 0 aromatic rings. The van der Waals surface area contributed by atoms with Crippen LogP contribution in [0, 0.1) is 11.3 Å². The van der Waals surface area contributed by atoms with Crippen LogP contribution in [0.25, 0.3) is 0 Å². The minimum absolute atomic E-state index is 0.403. The van der Waals surface area contributed by atoms with E-state index >= 15 is 0 Å². The lowest BCUT2D eigenvalue weighted by Crippen LogP contribution is -2.54. The third-order valence-corrected chi connectivity index (χ3v) is 5.93. The summed E-state index contributed by atoms with van der Waals surface area (Å²) in [7, 11) is 1.93. The van der Waals surface area contributed by atoms with Crippen molar-refractivity contribution in [3.8, 4) is 0 Å². The van der Waals surface area contributed by atoms with Crippen LogP contribution in [0.2, 0.25) is 0 Å². The summed E-state index contributed by atoms with van der Waals surface area (Å²) < 4.78 is 5.88. The molecule has 2 saturated heterocycles. The van der Waals surface area contributed by atoms with Gasteiger partial charge >= 0.3 is 0 Å². The highest BCUT2D eigenvalue weighted by molar-refractivity contribution is 5.12. The lowest BCUT2D eigenvalue weighted by molar-refractivity contribution is -0.0260. The van der Waals surface area contributed by atoms with Gasteiger partial charge in [-0.1, -0.05) is 20.8 Å². The average molecular weight is 251 g/mol. The molecule has 0 spiro atoms. The number of methoxy groups -OCH3 is 1. The van der Waals surface area contributed by atoms with Crippen molar-refractivity contribution in [1.29, 1.82) is 0 Å². The number of hydrogen-bond donors (Lipinski definition) is 0. The van der Waals surface area contributed by atoms with E-state index in [0.29, 0.717) is 23.1 Å². The van der Waals surface area contributed by atoms with E-state index in [1.807, 2.05) is 7.11 Å². The van der Waals surface area contributed by atoms with Crippen molar-refractivity contribution in [3.63, 3.8) is 0 Å². The molecule has 104 valence electrons. The second-order valence-corrected chi connectivity index (χ2v) is 7.72. The van der Waals surface area contributed by atoms with Crippen LogP contribution in [0.5, 0.6) is 0 Å². The summed E-state index contributed by atoms with van der Waals surface area (Å²) in [6, 6.07) is 0.698. The van der Waals surface area contributed by atoms with E-state index < -0.39 is 0 Å². The van der Waals surface area contributed by atoms with Crippen LogP contribution in [0.1, 0.15) is 59.3 Å². The molecule has 3 fully saturated rings. The van der Waals surface area contributed by atoms with Crippen molar-refractivity contribution in [2.75, 3.05) is 13.7 Å². The number of rotatable bonds is 3. The smallest absolute Gasteiger partial charge is 0.0754 e. The van der Waals surface area contributed by atoms with Gasteiger partial charge in [0.15, 0.2) is 0 Å². The quantitative estimate of drug-likeness (QED) is 0.761. The Balaban J connectivity index is 1.84. The molecule has 0 amide bonds. The Morgan fingerprint density at radius 1 is 1.17 bits per heavy atom. The van der Waals surface area contributed by atoms with Gasteiger partial charge < -0.3 is 4.74 Å². The van der Waals surface area contributed by atoms with E-state index in [1.54, 1.807) is 0 Å². The van der Waals surface area contributed by atoms with Crippen LogP contribution in [-0.2, 0) is 4.74 Å². The Labute approximate surface area is 112 Å². The van der Waals surface area contributed by atoms with Gasteiger partial charge in [-0.2, -0.15) is 0 Å². The van der Waals surface area contributed by atoms with Crippen molar-refractivity contribution in [1.82, 2.24) is 4.90 Å². The van der Waals surface area contributed by atoms with Crippen molar-refractivity contribution in [2.24, 2.45) is 11.3 Å². The highest BCUT2D eigenvalue weighted by atomic mass is 16.5. The predicted molar refractivity (Wildman–Crippen MR) is 74.7 cm³/mol. The molecule has 3 aliphatic rings. The van der Waals surface area contributed by atoms with Crippen LogP contribution >= 0.6 is 0 Å². The van der Waals surface area contributed by atoms with E-state index in [4.69, 9.17) is 4.74 Å². The molecule has 2 nitrogen and oxygen atoms in total. The van der Waals surface area contributed by atoms with Gasteiger partial charge in [0.25, 0.3) is 0 Å². The van der Waals surface area contributed by atoms with Gasteiger partial charge in [0.1, 0.15) is 0 Å². The minimum Gasteiger partial charge on any atom is -0.380 e. The van der Waals surface area contributed by atoms with Crippen molar-refractivity contribution in [3.05, 3.63) is 0 Å². The zero-order valence-electron chi connectivity index (χ0n) is 12.5. The second kappa shape index (κ2) is 4.21. The van der Waals surface area contributed by atoms with Gasteiger partial charge in [0.2, 0.25) is 0 Å². The first kappa shape index (κ1) is 12.9. The molecule has 0 aromatic heterocycles. The summed E-state index contributed by atoms with van der Waals surface area (Å²) >= 11 is 0. The summed E-state index contributed by atoms with van der Waals surface area (Å²) in [4.78, 5) is 2.85. The molecular formula is C16H29NO. The average Bonchev–Trinajstić information content (AvgIpc) is 2.90. The fraction of sp³-hybridized carbons (Fsp3) is 1.00. The Morgan fingerprint density at radius 2 is 1.89 bits per heavy atom. The Hall–Kier alpha value is -0.0800. The molecule has 3 rings (SSSR count). The molecule has 0 bridgehead atoms. The van der Waals surface area contributed by atoms with Gasteiger partial charge in [0, 0.05) is 18.7 Å². The fourth-order valence-electron chi connectivity index (χ4n) is 4.80. The maximum atomic E-state index is 5.88. The molecule has 0 N–H and O–H groups in total. The summed E-state index contributed by atoms with van der Waals surface area (Å²) in [5, 5.41) is 0. The van der Waals surface area contributed by atoms with Gasteiger partial charge in [-0.15, -0.1) is 0 Å². The van der Waals surface area contributed by atoms with Crippen molar-refractivity contribution >= 4 is 0 Å². The molecule has 1 saturated carbocycles. The zero-order valence-corrected chi connectivity index (χ0v) is 12.5. The van der Waals surface area contributed by atoms with Crippen LogP contribution < -0.4 is 0 Å². The highest BCUT2D eigenvalue weighted by Crippen LogP contribution is 2.54. The molecule has 18 heavy (non-hydrogen) atoms. The summed E-state index contributed by atoms with van der Waals surface area (Å²) in [6.07, 6.45) is 8.81. The van der Waals surface area contributed by atoms with Crippen LogP contribution in [-0.4, -0.2) is 36.2 Å². The standard InChI is InChI=1S/C16H29NO/c1-15(2,3)16-9-5-11-17(16)13(8-10-16)14(18-4)12-6-7-12/h12-14H,5-11H2,1-4H3. The minimum atomic E-state index is 0.403. The first-order chi connectivity index (χ1) is 8.49. The lowest BCUT2D eigenvalue weighted by atomic mass is 9.71. The van der Waals surface area contributed by atoms with Gasteiger partial charge in [-0.05, 0) is 56.4 Å². The first-order valence-electron chi connectivity index (χ1n) is 7.79. The maximum absolute atomic E-state index is 5.88. The maximum Gasteiger partial charge on any atom is 0.0754 e. The van der Waals surface area contributed by atoms with E-state index in [-0.39, 0.29) is 0 Å². The van der Waals surface area contributed by atoms with Crippen molar-refractivity contribution in [2.45, 2.75) is 77.0 Å². The zero-order chi connectivity index (χ0) is 13.0. The van der Waals surface area contributed by atoms with Crippen LogP contribution in [0.15, 0.2) is 0 Å². The number of ether oxygens (including phenoxy) is 1. The topological polar surface area (TPSA) is 12.5 Å². The highest BCUT2D eigenvalue weighted by Gasteiger charge is 2.57. The monoisotopic (exact) mass is 251 g/mol. The molecule has 3 unspecified atom stereocenters. The molecule has 0 aromatic carbocycles. The molecule has 2 heteroatoms. The Kier molecular flexibility index (Phi) is 3.02. The summed E-state index contributed by atoms with van der Waals surface area (Å²) in [5.74, 6) is 0.858. The summed E-state index contributed by atoms with van der Waals surface area (Å²) in [6.45, 7) is 8.61. The molecule has 1 aliphatic carbocycles. The van der Waals surface area contributed by atoms with E-state index in [1.165, 1.54) is 45.1 Å².